The molecule has 0 aliphatic heterocycles. The molecule has 1 atom stereocenters. The Labute approximate surface area is 86.4 Å². The number of pyridine rings is 1. The molecule has 4 nitrogen and oxygen atoms in total. The van der Waals surface area contributed by atoms with Crippen LogP contribution in [0.1, 0.15) is 5.56 Å². The van der Waals surface area contributed by atoms with Crippen molar-refractivity contribution in [1.29, 1.82) is 0 Å². The van der Waals surface area contributed by atoms with Crippen molar-refractivity contribution in [2.24, 2.45) is 0 Å². The largest absolute Gasteiger partial charge is 0.397 e. The number of hydrogen-bond acceptors (Lipinski definition) is 4. The van der Waals surface area contributed by atoms with Crippen LogP contribution in [0.5, 0.6) is 0 Å². The number of aromatic nitrogens is 1. The van der Waals surface area contributed by atoms with Crippen LogP contribution in [0.25, 0.3) is 0 Å². The number of hydrogen-bond donors (Lipinski definition) is 2. The van der Waals surface area contributed by atoms with Crippen LogP contribution in [-0.4, -0.2) is 27.7 Å². The summed E-state index contributed by atoms with van der Waals surface area (Å²) in [7, 11) is -0.764. The van der Waals surface area contributed by atoms with E-state index in [0.717, 1.165) is 11.4 Å². The molecule has 0 spiro atoms. The Hall–Kier alpha value is -1.10. The van der Waals surface area contributed by atoms with Crippen molar-refractivity contribution in [3.8, 4) is 0 Å². The number of nitrogen functional groups attached to an aromatic ring is 1. The van der Waals surface area contributed by atoms with E-state index in [1.165, 1.54) is 0 Å². The molecule has 0 radical (unpaired) electrons. The molecule has 78 valence electrons. The first-order chi connectivity index (χ1) is 6.59. The van der Waals surface area contributed by atoms with E-state index in [0.29, 0.717) is 18.0 Å². The Morgan fingerprint density at radius 1 is 1.64 bits per heavy atom. The minimum atomic E-state index is -0.764. The van der Waals surface area contributed by atoms with Crippen molar-refractivity contribution in [1.82, 2.24) is 4.98 Å². The van der Waals surface area contributed by atoms with Crippen LogP contribution in [0.4, 0.5) is 11.5 Å². The summed E-state index contributed by atoms with van der Waals surface area (Å²) in [4.78, 5) is 4.10. The van der Waals surface area contributed by atoms with E-state index in [1.54, 1.807) is 12.5 Å². The summed E-state index contributed by atoms with van der Waals surface area (Å²) < 4.78 is 10.8. The summed E-state index contributed by atoms with van der Waals surface area (Å²) in [6, 6.07) is 1.88. The number of anilines is 2. The molecule has 1 heterocycles. The van der Waals surface area contributed by atoms with E-state index in [1.807, 2.05) is 13.0 Å². The lowest BCUT2D eigenvalue weighted by atomic mass is 10.2. The zero-order valence-electron chi connectivity index (χ0n) is 8.41. The molecule has 0 saturated heterocycles. The highest BCUT2D eigenvalue weighted by Gasteiger charge is 1.97. The Morgan fingerprint density at radius 3 is 2.93 bits per heavy atom. The van der Waals surface area contributed by atoms with E-state index in [4.69, 9.17) is 5.73 Å². The highest BCUT2D eigenvalue weighted by Crippen LogP contribution is 2.12. The van der Waals surface area contributed by atoms with E-state index in [9.17, 15) is 4.21 Å². The van der Waals surface area contributed by atoms with Crippen LogP contribution >= 0.6 is 0 Å². The van der Waals surface area contributed by atoms with E-state index in [-0.39, 0.29) is 0 Å². The maximum Gasteiger partial charge on any atom is 0.126 e. The zero-order chi connectivity index (χ0) is 10.6. The minimum Gasteiger partial charge on any atom is -0.397 e. The SMILES string of the molecule is Cc1cc(NCCS(C)=O)ncc1N. The van der Waals surface area contributed by atoms with Crippen molar-refractivity contribution < 1.29 is 4.21 Å². The van der Waals surface area contributed by atoms with Gasteiger partial charge in [0, 0.05) is 29.4 Å². The predicted octanol–water partition coefficient (Wildman–Crippen LogP) is 0.763. The summed E-state index contributed by atoms with van der Waals surface area (Å²) in [5.41, 5.74) is 7.32. The quantitative estimate of drug-likeness (QED) is 0.775. The average Bonchev–Trinajstić information content (AvgIpc) is 2.10. The van der Waals surface area contributed by atoms with Gasteiger partial charge in [-0.15, -0.1) is 0 Å². The lowest BCUT2D eigenvalue weighted by Gasteiger charge is -2.06. The van der Waals surface area contributed by atoms with Gasteiger partial charge in [-0.1, -0.05) is 0 Å². The van der Waals surface area contributed by atoms with Gasteiger partial charge < -0.3 is 11.1 Å². The molecule has 0 fully saturated rings. The van der Waals surface area contributed by atoms with Crippen molar-refractivity contribution in [2.45, 2.75) is 6.92 Å². The van der Waals surface area contributed by atoms with E-state index in [2.05, 4.69) is 10.3 Å². The predicted molar refractivity (Wildman–Crippen MR) is 60.8 cm³/mol. The van der Waals surface area contributed by atoms with Crippen molar-refractivity contribution in [3.05, 3.63) is 17.8 Å². The van der Waals surface area contributed by atoms with Gasteiger partial charge in [-0.25, -0.2) is 4.98 Å². The smallest absolute Gasteiger partial charge is 0.126 e. The number of aryl methyl sites for hydroxylation is 1. The topological polar surface area (TPSA) is 68.0 Å². The van der Waals surface area contributed by atoms with Gasteiger partial charge >= 0.3 is 0 Å². The first-order valence-electron chi connectivity index (χ1n) is 4.35. The van der Waals surface area contributed by atoms with Gasteiger partial charge in [-0.2, -0.15) is 0 Å². The van der Waals surface area contributed by atoms with Gasteiger partial charge in [0.15, 0.2) is 0 Å². The molecule has 1 aromatic rings. The van der Waals surface area contributed by atoms with Crippen LogP contribution in [0.15, 0.2) is 12.3 Å². The van der Waals surface area contributed by atoms with E-state index < -0.39 is 10.8 Å². The molecule has 14 heavy (non-hydrogen) atoms. The number of nitrogens with zero attached hydrogens (tertiary/aromatic N) is 1. The normalized spacial score (nSPS) is 12.4. The fraction of sp³-hybridized carbons (Fsp3) is 0.444. The van der Waals surface area contributed by atoms with Crippen LogP contribution in [0, 0.1) is 6.92 Å². The molecular weight excluding hydrogens is 198 g/mol. The van der Waals surface area contributed by atoms with Crippen LogP contribution in [-0.2, 0) is 10.8 Å². The van der Waals surface area contributed by atoms with Gasteiger partial charge in [0.2, 0.25) is 0 Å². The molecule has 0 aromatic carbocycles. The molecule has 0 saturated carbocycles. The van der Waals surface area contributed by atoms with Gasteiger partial charge in [-0.05, 0) is 18.6 Å². The second-order valence-corrected chi connectivity index (χ2v) is 4.68. The fourth-order valence-electron chi connectivity index (χ4n) is 0.986. The molecule has 0 amide bonds. The molecular formula is C9H15N3OS. The van der Waals surface area contributed by atoms with Crippen LogP contribution in [0.2, 0.25) is 0 Å². The maximum atomic E-state index is 10.8. The lowest BCUT2D eigenvalue weighted by Crippen LogP contribution is -2.11. The summed E-state index contributed by atoms with van der Waals surface area (Å²) in [5, 5.41) is 3.08. The van der Waals surface area contributed by atoms with Crippen molar-refractivity contribution >= 4 is 22.3 Å². The Kier molecular flexibility index (Phi) is 3.88. The second kappa shape index (κ2) is 4.95. The van der Waals surface area contributed by atoms with Gasteiger partial charge in [0.1, 0.15) is 5.82 Å². The summed E-state index contributed by atoms with van der Waals surface area (Å²) in [5.74, 6) is 1.41. The van der Waals surface area contributed by atoms with Crippen molar-refractivity contribution in [2.75, 3.05) is 29.6 Å². The van der Waals surface area contributed by atoms with Gasteiger partial charge in [0.05, 0.1) is 11.9 Å². The molecule has 1 rings (SSSR count). The average molecular weight is 213 g/mol. The van der Waals surface area contributed by atoms with E-state index >= 15 is 0 Å². The second-order valence-electron chi connectivity index (χ2n) is 3.13. The third-order valence-corrected chi connectivity index (χ3v) is 2.63. The minimum absolute atomic E-state index is 0.630. The lowest BCUT2D eigenvalue weighted by molar-refractivity contribution is 0.687. The van der Waals surface area contributed by atoms with Gasteiger partial charge in [0.25, 0.3) is 0 Å². The molecule has 1 unspecified atom stereocenters. The summed E-state index contributed by atoms with van der Waals surface area (Å²) >= 11 is 0. The van der Waals surface area contributed by atoms with Crippen molar-refractivity contribution in [3.63, 3.8) is 0 Å². The van der Waals surface area contributed by atoms with Gasteiger partial charge in [-0.3, -0.25) is 4.21 Å². The molecule has 0 aliphatic rings. The monoisotopic (exact) mass is 213 g/mol. The summed E-state index contributed by atoms with van der Waals surface area (Å²) in [6.45, 7) is 2.60. The molecule has 0 aliphatic carbocycles. The Morgan fingerprint density at radius 2 is 2.36 bits per heavy atom. The first-order valence-corrected chi connectivity index (χ1v) is 6.08. The van der Waals surface area contributed by atoms with Crippen LogP contribution in [0.3, 0.4) is 0 Å². The highest BCUT2D eigenvalue weighted by atomic mass is 32.2. The molecule has 1 aromatic heterocycles. The third-order valence-electron chi connectivity index (χ3n) is 1.85. The molecule has 0 bridgehead atoms. The fourth-order valence-corrected chi connectivity index (χ4v) is 1.38. The summed E-state index contributed by atoms with van der Waals surface area (Å²) in [6.07, 6.45) is 3.31. The number of nitrogens with one attached hydrogen (secondary N) is 1. The molecule has 5 heteroatoms. The van der Waals surface area contributed by atoms with Crippen LogP contribution < -0.4 is 11.1 Å². The highest BCUT2D eigenvalue weighted by molar-refractivity contribution is 7.84. The Balaban J connectivity index is 2.51. The number of rotatable bonds is 4. The maximum absolute atomic E-state index is 10.8. The third kappa shape index (κ3) is 3.33. The molecule has 3 N–H and O–H groups in total. The standard InChI is InChI=1S/C9H15N3OS/c1-7-5-9(12-6-8(7)10)11-3-4-14(2)13/h5-6H,3-4,10H2,1-2H3,(H,11,12). The Bertz CT molecular complexity index is 341. The number of nitrogens with two attached hydrogens (primary N) is 1. The first kappa shape index (κ1) is 11.0. The zero-order valence-corrected chi connectivity index (χ0v) is 9.23.